The smallest absolute Gasteiger partial charge is 0.152 e. The molecule has 0 aromatic carbocycles. The van der Waals surface area contributed by atoms with E-state index in [4.69, 9.17) is 11.6 Å². The molecule has 0 radical (unpaired) electrons. The van der Waals surface area contributed by atoms with Crippen molar-refractivity contribution in [2.24, 2.45) is 0 Å². The van der Waals surface area contributed by atoms with Crippen LogP contribution in [0.3, 0.4) is 0 Å². The molecule has 5 heterocycles. The third kappa shape index (κ3) is 3.74. The van der Waals surface area contributed by atoms with Crippen molar-refractivity contribution in [3.63, 3.8) is 0 Å². The number of sulfone groups is 1. The van der Waals surface area contributed by atoms with Crippen LogP contribution in [0, 0.1) is 0 Å². The summed E-state index contributed by atoms with van der Waals surface area (Å²) in [7, 11) is -3.09. The number of halogens is 1. The minimum atomic E-state index is -3.09. The van der Waals surface area contributed by atoms with Gasteiger partial charge in [-0.1, -0.05) is 11.6 Å². The van der Waals surface area contributed by atoms with Gasteiger partial charge in [-0.2, -0.15) is 0 Å². The predicted molar refractivity (Wildman–Crippen MR) is 123 cm³/mol. The molecule has 164 valence electrons. The zero-order valence-electron chi connectivity index (χ0n) is 17.5. The Balaban J connectivity index is 1.54. The molecule has 0 aliphatic carbocycles. The second-order valence-corrected chi connectivity index (χ2v) is 11.3. The van der Waals surface area contributed by atoms with E-state index in [1.807, 2.05) is 18.3 Å². The molecule has 0 spiro atoms. The number of anilines is 2. The van der Waals surface area contributed by atoms with Gasteiger partial charge >= 0.3 is 0 Å². The minimum absolute atomic E-state index is 0.219. The van der Waals surface area contributed by atoms with E-state index in [2.05, 4.69) is 36.7 Å². The Kier molecular flexibility index (Phi) is 5.05. The molecule has 3 aromatic rings. The van der Waals surface area contributed by atoms with Crippen LogP contribution in [0.4, 0.5) is 11.5 Å². The zero-order valence-corrected chi connectivity index (χ0v) is 19.1. The summed E-state index contributed by atoms with van der Waals surface area (Å²) in [6.07, 6.45) is 7.12. The fraction of sp³-hybridized carbons (Fsp3) is 0.476. The van der Waals surface area contributed by atoms with Crippen LogP contribution in [0.5, 0.6) is 0 Å². The second kappa shape index (κ2) is 7.63. The van der Waals surface area contributed by atoms with Gasteiger partial charge in [0.05, 0.1) is 16.6 Å². The summed E-state index contributed by atoms with van der Waals surface area (Å²) in [5.41, 5.74) is 3.88. The highest BCUT2D eigenvalue weighted by Gasteiger charge is 2.33. The number of pyridine rings is 1. The van der Waals surface area contributed by atoms with E-state index < -0.39 is 9.84 Å². The number of aromatic amines is 1. The maximum atomic E-state index is 12.2. The molecule has 2 aliphatic heterocycles. The first kappa shape index (κ1) is 20.5. The number of rotatable bonds is 3. The highest BCUT2D eigenvalue weighted by atomic mass is 35.5. The lowest BCUT2D eigenvalue weighted by Gasteiger charge is -2.39. The van der Waals surface area contributed by atoms with Gasteiger partial charge in [-0.3, -0.25) is 0 Å². The lowest BCUT2D eigenvalue weighted by molar-refractivity contribution is 0.528. The highest BCUT2D eigenvalue weighted by Crippen LogP contribution is 2.37. The highest BCUT2D eigenvalue weighted by molar-refractivity contribution is 7.91. The van der Waals surface area contributed by atoms with Crippen LogP contribution < -0.4 is 9.80 Å². The van der Waals surface area contributed by atoms with Crippen LogP contribution in [-0.2, 0) is 22.8 Å². The maximum Gasteiger partial charge on any atom is 0.152 e. The van der Waals surface area contributed by atoms with E-state index in [-0.39, 0.29) is 11.3 Å². The van der Waals surface area contributed by atoms with Crippen molar-refractivity contribution in [1.82, 2.24) is 19.9 Å². The molecule has 2 atom stereocenters. The summed E-state index contributed by atoms with van der Waals surface area (Å²) in [5.74, 6) is 0.848. The summed E-state index contributed by atoms with van der Waals surface area (Å²) in [6, 6.07) is 4.14. The third-order valence-corrected chi connectivity index (χ3v) is 8.22. The number of fused-ring (bicyclic) bond motifs is 2. The van der Waals surface area contributed by atoms with Crippen molar-refractivity contribution in [1.29, 1.82) is 0 Å². The number of H-pyrrole nitrogens is 1. The van der Waals surface area contributed by atoms with Gasteiger partial charge in [0.15, 0.2) is 9.84 Å². The van der Waals surface area contributed by atoms with E-state index in [1.165, 1.54) is 6.26 Å². The van der Waals surface area contributed by atoms with Gasteiger partial charge in [-0.15, -0.1) is 0 Å². The van der Waals surface area contributed by atoms with Gasteiger partial charge in [-0.05, 0) is 31.9 Å². The number of piperidine rings is 1. The van der Waals surface area contributed by atoms with Crippen molar-refractivity contribution >= 4 is 44.0 Å². The molecule has 31 heavy (non-hydrogen) atoms. The molecule has 3 aromatic heterocycles. The summed E-state index contributed by atoms with van der Waals surface area (Å²) < 4.78 is 24.3. The van der Waals surface area contributed by atoms with Crippen LogP contribution >= 0.6 is 11.6 Å². The molecule has 1 fully saturated rings. The van der Waals surface area contributed by atoms with Crippen LogP contribution in [-0.4, -0.2) is 59.0 Å². The van der Waals surface area contributed by atoms with Gasteiger partial charge in [0.2, 0.25) is 0 Å². The predicted octanol–water partition coefficient (Wildman–Crippen LogP) is 2.97. The van der Waals surface area contributed by atoms with E-state index in [9.17, 15) is 8.42 Å². The third-order valence-electron chi connectivity index (χ3n) is 6.43. The Hall–Kier alpha value is -2.39. The zero-order chi connectivity index (χ0) is 21.8. The number of aromatic nitrogens is 4. The van der Waals surface area contributed by atoms with Gasteiger partial charge in [0.1, 0.15) is 22.9 Å². The monoisotopic (exact) mass is 460 g/mol. The van der Waals surface area contributed by atoms with Gasteiger partial charge in [0, 0.05) is 55.5 Å². The lowest BCUT2D eigenvalue weighted by Crippen LogP contribution is -2.44. The Labute approximate surface area is 186 Å². The first-order valence-electron chi connectivity index (χ1n) is 10.5. The van der Waals surface area contributed by atoms with E-state index in [0.717, 1.165) is 53.2 Å². The van der Waals surface area contributed by atoms with Crippen molar-refractivity contribution < 1.29 is 8.42 Å². The van der Waals surface area contributed by atoms with Gasteiger partial charge in [-0.25, -0.2) is 23.4 Å². The van der Waals surface area contributed by atoms with Crippen LogP contribution in [0.15, 0.2) is 24.7 Å². The molecular weight excluding hydrogens is 436 g/mol. The first-order chi connectivity index (χ1) is 14.8. The quantitative estimate of drug-likeness (QED) is 0.600. The lowest BCUT2D eigenvalue weighted by atomic mass is 9.98. The minimum Gasteiger partial charge on any atom is -0.363 e. The average Bonchev–Trinajstić information content (AvgIpc) is 3.20. The van der Waals surface area contributed by atoms with E-state index >= 15 is 0 Å². The Bertz CT molecular complexity index is 1240. The topological polar surface area (TPSA) is 95.1 Å². The first-order valence-corrected chi connectivity index (χ1v) is 12.8. The second-order valence-electron chi connectivity index (χ2n) is 8.55. The molecular formula is C21H25ClN6O2S. The largest absolute Gasteiger partial charge is 0.363 e. The SMILES string of the molecule is C[C@@H]1Cc2ncnc(N3CCCC(S(C)(=O)=O)C3)c2CN1c1cc(Cl)nc2[nH]ccc12. The van der Waals surface area contributed by atoms with Crippen molar-refractivity contribution in [2.45, 2.75) is 44.0 Å². The Morgan fingerprint density at radius 2 is 2.13 bits per heavy atom. The molecule has 5 rings (SSSR count). The molecule has 1 N–H and O–H groups in total. The van der Waals surface area contributed by atoms with Crippen molar-refractivity contribution in [3.8, 4) is 0 Å². The van der Waals surface area contributed by atoms with Gasteiger partial charge in [0.25, 0.3) is 0 Å². The maximum absolute atomic E-state index is 12.2. The van der Waals surface area contributed by atoms with Crippen LogP contribution in [0.25, 0.3) is 11.0 Å². The molecule has 0 saturated carbocycles. The normalized spacial score (nSPS) is 22.0. The van der Waals surface area contributed by atoms with E-state index in [1.54, 1.807) is 6.33 Å². The number of nitrogens with one attached hydrogen (secondary N) is 1. The fourth-order valence-electron chi connectivity index (χ4n) is 4.79. The van der Waals surface area contributed by atoms with Gasteiger partial charge < -0.3 is 14.8 Å². The Morgan fingerprint density at radius 1 is 1.29 bits per heavy atom. The molecule has 0 amide bonds. The molecule has 1 unspecified atom stereocenters. The van der Waals surface area contributed by atoms with E-state index in [0.29, 0.717) is 24.7 Å². The molecule has 1 saturated heterocycles. The molecule has 0 bridgehead atoms. The van der Waals surface area contributed by atoms with Crippen LogP contribution in [0.2, 0.25) is 5.15 Å². The van der Waals surface area contributed by atoms with Crippen molar-refractivity contribution in [2.75, 3.05) is 29.1 Å². The summed E-state index contributed by atoms with van der Waals surface area (Å²) in [4.78, 5) is 21.1. The van der Waals surface area contributed by atoms with Crippen molar-refractivity contribution in [3.05, 3.63) is 41.1 Å². The summed E-state index contributed by atoms with van der Waals surface area (Å²) in [5, 5.41) is 1.11. The summed E-state index contributed by atoms with van der Waals surface area (Å²) >= 11 is 6.31. The standard InChI is InChI=1S/C21H25ClN6O2S/c1-13-8-17-16(11-28(13)18-9-19(22)26-20-15(18)5-6-23-20)21(25-12-24-17)27-7-3-4-14(10-27)31(2,29)30/h5-6,9,12-14H,3-4,7-8,10-11H2,1-2H3,(H,23,26)/t13-,14?/m1/s1. The fourth-order valence-corrected chi connectivity index (χ4v) is 6.03. The summed E-state index contributed by atoms with van der Waals surface area (Å²) in [6.45, 7) is 4.08. The van der Waals surface area contributed by atoms with Crippen LogP contribution in [0.1, 0.15) is 31.0 Å². The Morgan fingerprint density at radius 3 is 2.94 bits per heavy atom. The average molecular weight is 461 g/mol. The molecule has 8 nitrogen and oxygen atoms in total. The number of nitrogens with zero attached hydrogens (tertiary/aromatic N) is 5. The number of hydrogen-bond acceptors (Lipinski definition) is 7. The number of hydrogen-bond donors (Lipinski definition) is 1. The molecule has 10 heteroatoms. The molecule has 2 aliphatic rings.